The number of sulfonamides is 1. The Labute approximate surface area is 148 Å². The maximum absolute atomic E-state index is 12.5. The van der Waals surface area contributed by atoms with Crippen LogP contribution in [0.1, 0.15) is 45.4 Å². The molecule has 1 aromatic heterocycles. The maximum Gasteiger partial charge on any atom is 0.252 e. The van der Waals surface area contributed by atoms with Gasteiger partial charge in [-0.15, -0.1) is 11.3 Å². The molecule has 0 aromatic carbocycles. The van der Waals surface area contributed by atoms with Crippen molar-refractivity contribution in [2.75, 3.05) is 13.1 Å². The Morgan fingerprint density at radius 3 is 2.50 bits per heavy atom. The van der Waals surface area contributed by atoms with Crippen LogP contribution < -0.4 is 5.32 Å². The summed E-state index contributed by atoms with van der Waals surface area (Å²) in [6.07, 6.45) is 6.11. The van der Waals surface area contributed by atoms with Gasteiger partial charge in [0.2, 0.25) is 5.91 Å². The van der Waals surface area contributed by atoms with Gasteiger partial charge in [0.05, 0.1) is 0 Å². The van der Waals surface area contributed by atoms with Crippen molar-refractivity contribution in [2.24, 2.45) is 11.8 Å². The topological polar surface area (TPSA) is 66.5 Å². The third-order valence-electron chi connectivity index (χ3n) is 5.41. The monoisotopic (exact) mass is 370 g/mol. The van der Waals surface area contributed by atoms with Gasteiger partial charge in [-0.05, 0) is 43.0 Å². The van der Waals surface area contributed by atoms with Gasteiger partial charge in [0.15, 0.2) is 0 Å². The van der Waals surface area contributed by atoms with Crippen LogP contribution in [0.5, 0.6) is 0 Å². The van der Waals surface area contributed by atoms with Crippen molar-refractivity contribution >= 4 is 27.3 Å². The summed E-state index contributed by atoms with van der Waals surface area (Å²) >= 11 is 1.26. The predicted molar refractivity (Wildman–Crippen MR) is 95.4 cm³/mol. The van der Waals surface area contributed by atoms with Crippen molar-refractivity contribution in [3.05, 3.63) is 17.5 Å². The second kappa shape index (κ2) is 7.54. The molecule has 1 amide bonds. The molecule has 1 saturated carbocycles. The highest BCUT2D eigenvalue weighted by atomic mass is 32.2. The van der Waals surface area contributed by atoms with Gasteiger partial charge in [0.25, 0.3) is 10.0 Å². The first-order chi connectivity index (χ1) is 11.5. The average Bonchev–Trinajstić information content (AvgIpc) is 3.28. The fourth-order valence-electron chi connectivity index (χ4n) is 3.77. The molecular weight excluding hydrogens is 344 g/mol. The molecule has 0 bridgehead atoms. The van der Waals surface area contributed by atoms with Crippen molar-refractivity contribution in [2.45, 2.75) is 55.7 Å². The van der Waals surface area contributed by atoms with Gasteiger partial charge < -0.3 is 5.32 Å². The molecule has 3 rings (SSSR count). The van der Waals surface area contributed by atoms with E-state index in [0.29, 0.717) is 23.3 Å². The Kier molecular flexibility index (Phi) is 5.62. The number of carbonyl (C=O) groups is 1. The molecule has 1 atom stereocenters. The number of thiophene rings is 1. The molecule has 2 heterocycles. The quantitative estimate of drug-likeness (QED) is 0.867. The molecule has 2 aliphatic rings. The standard InChI is InChI=1S/C17H26N2O3S2/c1-13(17(20)18-15-5-2-3-6-15)14-8-10-19(11-9-14)24(21,22)16-7-4-12-23-16/h4,7,12-15H,2-3,5-6,8-11H2,1H3,(H,18,20). The van der Waals surface area contributed by atoms with Crippen LogP contribution in [0.3, 0.4) is 0 Å². The molecule has 0 radical (unpaired) electrons. The number of piperidine rings is 1. The fraction of sp³-hybridized carbons (Fsp3) is 0.706. The van der Waals surface area contributed by atoms with E-state index in [0.717, 1.165) is 25.7 Å². The van der Waals surface area contributed by atoms with Crippen LogP contribution in [0.15, 0.2) is 21.7 Å². The zero-order valence-corrected chi connectivity index (χ0v) is 15.7. The third-order valence-corrected chi connectivity index (χ3v) is 8.68. The van der Waals surface area contributed by atoms with Gasteiger partial charge >= 0.3 is 0 Å². The molecule has 24 heavy (non-hydrogen) atoms. The molecular formula is C17H26N2O3S2. The fourth-order valence-corrected chi connectivity index (χ4v) is 6.38. The molecule has 1 N–H and O–H groups in total. The zero-order chi connectivity index (χ0) is 17.2. The summed E-state index contributed by atoms with van der Waals surface area (Å²) in [5.41, 5.74) is 0. The highest BCUT2D eigenvalue weighted by molar-refractivity contribution is 7.91. The van der Waals surface area contributed by atoms with E-state index >= 15 is 0 Å². The first kappa shape index (κ1) is 17.9. The van der Waals surface area contributed by atoms with Crippen LogP contribution >= 0.6 is 11.3 Å². The lowest BCUT2D eigenvalue weighted by molar-refractivity contribution is -0.127. The van der Waals surface area contributed by atoms with Crippen LogP contribution in [0, 0.1) is 11.8 Å². The van der Waals surface area contributed by atoms with E-state index in [1.165, 1.54) is 24.2 Å². The lowest BCUT2D eigenvalue weighted by Gasteiger charge is -2.33. The molecule has 134 valence electrons. The van der Waals surface area contributed by atoms with Crippen LogP contribution in [-0.4, -0.2) is 37.8 Å². The zero-order valence-electron chi connectivity index (χ0n) is 14.1. The predicted octanol–water partition coefficient (Wildman–Crippen LogP) is 2.84. The number of hydrogen-bond acceptors (Lipinski definition) is 4. The minimum atomic E-state index is -3.36. The Hall–Kier alpha value is -0.920. The smallest absolute Gasteiger partial charge is 0.252 e. The molecule has 7 heteroatoms. The van der Waals surface area contributed by atoms with Crippen LogP contribution in [0.25, 0.3) is 0 Å². The first-order valence-electron chi connectivity index (χ1n) is 8.82. The summed E-state index contributed by atoms with van der Waals surface area (Å²) in [5, 5.41) is 4.96. The summed E-state index contributed by atoms with van der Waals surface area (Å²) in [6, 6.07) is 3.77. The Morgan fingerprint density at radius 2 is 1.92 bits per heavy atom. The van der Waals surface area contributed by atoms with E-state index in [1.54, 1.807) is 21.8 Å². The average molecular weight is 371 g/mol. The van der Waals surface area contributed by atoms with Gasteiger partial charge in [-0.2, -0.15) is 4.31 Å². The highest BCUT2D eigenvalue weighted by Crippen LogP contribution is 2.30. The molecule has 1 unspecified atom stereocenters. The molecule has 1 saturated heterocycles. The summed E-state index contributed by atoms with van der Waals surface area (Å²) in [7, 11) is -3.36. The Bertz CT molecular complexity index is 643. The van der Waals surface area contributed by atoms with Crippen molar-refractivity contribution in [1.82, 2.24) is 9.62 Å². The van der Waals surface area contributed by atoms with Gasteiger partial charge in [-0.1, -0.05) is 25.8 Å². The van der Waals surface area contributed by atoms with Crippen molar-refractivity contribution in [3.63, 3.8) is 0 Å². The van der Waals surface area contributed by atoms with E-state index in [9.17, 15) is 13.2 Å². The van der Waals surface area contributed by atoms with Crippen molar-refractivity contribution in [1.29, 1.82) is 0 Å². The molecule has 5 nitrogen and oxygen atoms in total. The van der Waals surface area contributed by atoms with Gasteiger partial charge in [0, 0.05) is 25.0 Å². The number of rotatable bonds is 5. The first-order valence-corrected chi connectivity index (χ1v) is 11.1. The molecule has 0 spiro atoms. The summed E-state index contributed by atoms with van der Waals surface area (Å²) < 4.78 is 27.1. The van der Waals surface area contributed by atoms with Crippen LogP contribution in [0.2, 0.25) is 0 Å². The number of nitrogens with one attached hydrogen (secondary N) is 1. The third kappa shape index (κ3) is 3.83. The van der Waals surface area contributed by atoms with E-state index < -0.39 is 10.0 Å². The van der Waals surface area contributed by atoms with Crippen LogP contribution in [0.4, 0.5) is 0 Å². The largest absolute Gasteiger partial charge is 0.353 e. The lowest BCUT2D eigenvalue weighted by Crippen LogP contribution is -2.44. The minimum absolute atomic E-state index is 0.0443. The normalized spacial score (nSPS) is 22.5. The Morgan fingerprint density at radius 1 is 1.25 bits per heavy atom. The summed E-state index contributed by atoms with van der Waals surface area (Å²) in [4.78, 5) is 12.4. The molecule has 2 fully saturated rings. The Balaban J connectivity index is 1.53. The second-order valence-electron chi connectivity index (χ2n) is 6.95. The van der Waals surface area contributed by atoms with Crippen LogP contribution in [-0.2, 0) is 14.8 Å². The SMILES string of the molecule is CC(C(=O)NC1CCCC1)C1CCN(S(=O)(=O)c2cccs2)CC1. The molecule has 1 aromatic rings. The lowest BCUT2D eigenvalue weighted by atomic mass is 9.85. The molecule has 1 aliphatic heterocycles. The van der Waals surface area contributed by atoms with E-state index in [1.807, 2.05) is 6.92 Å². The number of amides is 1. The number of nitrogens with zero attached hydrogens (tertiary/aromatic N) is 1. The summed E-state index contributed by atoms with van der Waals surface area (Å²) in [6.45, 7) is 3.00. The van der Waals surface area contributed by atoms with E-state index in [4.69, 9.17) is 0 Å². The van der Waals surface area contributed by atoms with E-state index in [2.05, 4.69) is 5.32 Å². The summed E-state index contributed by atoms with van der Waals surface area (Å²) in [5.74, 6) is 0.361. The highest BCUT2D eigenvalue weighted by Gasteiger charge is 2.34. The molecule has 1 aliphatic carbocycles. The second-order valence-corrected chi connectivity index (χ2v) is 10.1. The van der Waals surface area contributed by atoms with Gasteiger partial charge in [-0.25, -0.2) is 8.42 Å². The van der Waals surface area contributed by atoms with Crippen molar-refractivity contribution < 1.29 is 13.2 Å². The van der Waals surface area contributed by atoms with Gasteiger partial charge in [0.1, 0.15) is 4.21 Å². The minimum Gasteiger partial charge on any atom is -0.353 e. The number of hydrogen-bond donors (Lipinski definition) is 1. The maximum atomic E-state index is 12.5. The number of carbonyl (C=O) groups excluding carboxylic acids is 1. The van der Waals surface area contributed by atoms with E-state index in [-0.39, 0.29) is 17.7 Å². The van der Waals surface area contributed by atoms with Crippen molar-refractivity contribution in [3.8, 4) is 0 Å². The van der Waals surface area contributed by atoms with Gasteiger partial charge in [-0.3, -0.25) is 4.79 Å².